The summed E-state index contributed by atoms with van der Waals surface area (Å²) in [7, 11) is 0. The second-order valence-electron chi connectivity index (χ2n) is 5.32. The number of aliphatic hydroxyl groups excluding tert-OH is 1. The van der Waals surface area contributed by atoms with Crippen LogP contribution in [0.25, 0.3) is 0 Å². The Bertz CT molecular complexity index is 432. The number of hydrogen-bond donors (Lipinski definition) is 2. The van der Waals surface area contributed by atoms with E-state index in [2.05, 4.69) is 12.6 Å². The molecule has 1 aromatic rings. The Morgan fingerprint density at radius 1 is 1.33 bits per heavy atom. The molecule has 1 atom stereocenters. The molecule has 116 valence electrons. The van der Waals surface area contributed by atoms with E-state index < -0.39 is 0 Å². The lowest BCUT2D eigenvalue weighted by atomic mass is 10.1. The van der Waals surface area contributed by atoms with Gasteiger partial charge >= 0.3 is 0 Å². The van der Waals surface area contributed by atoms with Crippen LogP contribution in [0.15, 0.2) is 30.3 Å². The quantitative estimate of drug-likeness (QED) is 0.784. The highest BCUT2D eigenvalue weighted by Gasteiger charge is 2.26. The summed E-state index contributed by atoms with van der Waals surface area (Å²) in [5.74, 6) is 0.0998. The molecule has 1 saturated heterocycles. The van der Waals surface area contributed by atoms with Crippen molar-refractivity contribution in [2.75, 3.05) is 26.3 Å². The Hall–Kier alpha value is -1.04. The molecule has 4 nitrogen and oxygen atoms in total. The zero-order chi connectivity index (χ0) is 15.1. The number of nitrogens with zero attached hydrogens (tertiary/aromatic N) is 1. The van der Waals surface area contributed by atoms with Gasteiger partial charge in [0.2, 0.25) is 5.91 Å². The van der Waals surface area contributed by atoms with Crippen molar-refractivity contribution in [3.8, 4) is 0 Å². The molecule has 0 radical (unpaired) electrons. The standard InChI is InChI=1S/C16H23NO3S/c18-10-11-20-14-6-8-17(9-7-14)16(19)15(21)12-13-4-2-1-3-5-13/h1-5,14-15,18,21H,6-12H2. The molecule has 1 unspecified atom stereocenters. The van der Waals surface area contributed by atoms with Crippen molar-refractivity contribution in [1.29, 1.82) is 0 Å². The molecular weight excluding hydrogens is 286 g/mol. The highest BCUT2D eigenvalue weighted by Crippen LogP contribution is 2.17. The summed E-state index contributed by atoms with van der Waals surface area (Å²) in [6, 6.07) is 9.96. The predicted octanol–water partition coefficient (Wildman–Crippen LogP) is 1.53. The predicted molar refractivity (Wildman–Crippen MR) is 85.6 cm³/mol. The molecule has 1 aliphatic rings. The summed E-state index contributed by atoms with van der Waals surface area (Å²) in [5.41, 5.74) is 1.13. The van der Waals surface area contributed by atoms with Crippen LogP contribution in [0.3, 0.4) is 0 Å². The molecule has 0 saturated carbocycles. The van der Waals surface area contributed by atoms with Gasteiger partial charge in [-0.25, -0.2) is 0 Å². The molecule has 0 bridgehead atoms. The van der Waals surface area contributed by atoms with Crippen LogP contribution in [0.5, 0.6) is 0 Å². The van der Waals surface area contributed by atoms with E-state index in [1.807, 2.05) is 35.2 Å². The topological polar surface area (TPSA) is 49.8 Å². The molecule has 0 spiro atoms. The van der Waals surface area contributed by atoms with Gasteiger partial charge in [-0.2, -0.15) is 12.6 Å². The average Bonchev–Trinajstić information content (AvgIpc) is 2.53. The van der Waals surface area contributed by atoms with E-state index in [1.54, 1.807) is 0 Å². The van der Waals surface area contributed by atoms with Gasteiger partial charge in [-0.3, -0.25) is 4.79 Å². The van der Waals surface area contributed by atoms with E-state index in [0.29, 0.717) is 26.1 Å². The molecule has 1 N–H and O–H groups in total. The van der Waals surface area contributed by atoms with Crippen molar-refractivity contribution in [2.45, 2.75) is 30.6 Å². The fourth-order valence-corrected chi connectivity index (χ4v) is 2.97. The number of carbonyl (C=O) groups is 1. The van der Waals surface area contributed by atoms with Crippen molar-refractivity contribution in [3.05, 3.63) is 35.9 Å². The number of amides is 1. The van der Waals surface area contributed by atoms with Gasteiger partial charge in [0, 0.05) is 13.1 Å². The van der Waals surface area contributed by atoms with Gasteiger partial charge in [-0.15, -0.1) is 0 Å². The summed E-state index contributed by atoms with van der Waals surface area (Å²) in [6.07, 6.45) is 2.48. The number of hydrogen-bond acceptors (Lipinski definition) is 4. The monoisotopic (exact) mass is 309 g/mol. The van der Waals surface area contributed by atoms with Gasteiger partial charge in [0.25, 0.3) is 0 Å². The molecule has 1 heterocycles. The van der Waals surface area contributed by atoms with Gasteiger partial charge in [0.15, 0.2) is 0 Å². The zero-order valence-electron chi connectivity index (χ0n) is 12.1. The lowest BCUT2D eigenvalue weighted by Crippen LogP contribution is -2.44. The second kappa shape index (κ2) is 8.41. The van der Waals surface area contributed by atoms with Crippen LogP contribution < -0.4 is 0 Å². The minimum absolute atomic E-state index is 0.0505. The number of ether oxygens (including phenoxy) is 1. The molecule has 0 aliphatic carbocycles. The number of aliphatic hydroxyl groups is 1. The zero-order valence-corrected chi connectivity index (χ0v) is 13.0. The number of benzene rings is 1. The van der Waals surface area contributed by atoms with Gasteiger partial charge in [0.1, 0.15) is 0 Å². The summed E-state index contributed by atoms with van der Waals surface area (Å²) < 4.78 is 5.51. The molecule has 1 amide bonds. The molecule has 5 heteroatoms. The third-order valence-electron chi connectivity index (χ3n) is 3.76. The average molecular weight is 309 g/mol. The first-order valence-electron chi connectivity index (χ1n) is 7.44. The molecular formula is C16H23NO3S. The first-order chi connectivity index (χ1) is 10.2. The molecule has 0 aromatic heterocycles. The highest BCUT2D eigenvalue weighted by atomic mass is 32.1. The minimum atomic E-state index is -0.290. The number of rotatable bonds is 6. The van der Waals surface area contributed by atoms with Gasteiger partial charge in [-0.05, 0) is 24.8 Å². The largest absolute Gasteiger partial charge is 0.394 e. The first-order valence-corrected chi connectivity index (χ1v) is 7.95. The third kappa shape index (κ3) is 5.02. The van der Waals surface area contributed by atoms with Crippen LogP contribution in [0.4, 0.5) is 0 Å². The van der Waals surface area contributed by atoms with Crippen molar-refractivity contribution >= 4 is 18.5 Å². The summed E-state index contributed by atoms with van der Waals surface area (Å²) in [4.78, 5) is 14.3. The minimum Gasteiger partial charge on any atom is -0.394 e. The molecule has 1 aromatic carbocycles. The summed E-state index contributed by atoms with van der Waals surface area (Å²) >= 11 is 4.47. The number of piperidine rings is 1. The van der Waals surface area contributed by atoms with Crippen molar-refractivity contribution in [2.24, 2.45) is 0 Å². The Morgan fingerprint density at radius 3 is 2.62 bits per heavy atom. The van der Waals surface area contributed by atoms with Crippen LogP contribution in [0.1, 0.15) is 18.4 Å². The number of likely N-dealkylation sites (tertiary alicyclic amines) is 1. The van der Waals surface area contributed by atoms with Crippen LogP contribution in [0.2, 0.25) is 0 Å². The van der Waals surface area contributed by atoms with Crippen molar-refractivity contribution < 1.29 is 14.6 Å². The Balaban J connectivity index is 1.78. The number of thiol groups is 1. The van der Waals surface area contributed by atoms with E-state index in [-0.39, 0.29) is 23.9 Å². The molecule has 1 fully saturated rings. The number of carbonyl (C=O) groups excluding carboxylic acids is 1. The van der Waals surface area contributed by atoms with Gasteiger partial charge in [0.05, 0.1) is 24.6 Å². The van der Waals surface area contributed by atoms with Crippen molar-refractivity contribution in [1.82, 2.24) is 4.90 Å². The fourth-order valence-electron chi connectivity index (χ4n) is 2.60. The van der Waals surface area contributed by atoms with Gasteiger partial charge < -0.3 is 14.7 Å². The SMILES string of the molecule is O=C(C(S)Cc1ccccc1)N1CCC(OCCO)CC1. The summed E-state index contributed by atoms with van der Waals surface area (Å²) in [5, 5.41) is 8.46. The maximum absolute atomic E-state index is 12.4. The summed E-state index contributed by atoms with van der Waals surface area (Å²) in [6.45, 7) is 1.85. The molecule has 21 heavy (non-hydrogen) atoms. The van der Waals surface area contributed by atoms with E-state index in [1.165, 1.54) is 0 Å². The van der Waals surface area contributed by atoms with E-state index in [9.17, 15) is 4.79 Å². The smallest absolute Gasteiger partial charge is 0.235 e. The maximum atomic E-state index is 12.4. The fraction of sp³-hybridized carbons (Fsp3) is 0.562. The van der Waals surface area contributed by atoms with Crippen LogP contribution in [-0.4, -0.2) is 53.6 Å². The van der Waals surface area contributed by atoms with Gasteiger partial charge in [-0.1, -0.05) is 30.3 Å². The first kappa shape index (κ1) is 16.3. The second-order valence-corrected chi connectivity index (χ2v) is 5.95. The Kier molecular flexibility index (Phi) is 6.54. The Morgan fingerprint density at radius 2 is 2.00 bits per heavy atom. The van der Waals surface area contributed by atoms with Crippen molar-refractivity contribution in [3.63, 3.8) is 0 Å². The van der Waals surface area contributed by atoms with E-state index >= 15 is 0 Å². The maximum Gasteiger partial charge on any atom is 0.235 e. The van der Waals surface area contributed by atoms with Crippen LogP contribution >= 0.6 is 12.6 Å². The van der Waals surface area contributed by atoms with Crippen LogP contribution in [0, 0.1) is 0 Å². The third-order valence-corrected chi connectivity index (χ3v) is 4.16. The Labute approximate surface area is 131 Å². The lowest BCUT2D eigenvalue weighted by Gasteiger charge is -2.33. The van der Waals surface area contributed by atoms with E-state index in [4.69, 9.17) is 9.84 Å². The van der Waals surface area contributed by atoms with Crippen LogP contribution in [-0.2, 0) is 16.0 Å². The molecule has 1 aliphatic heterocycles. The molecule has 2 rings (SSSR count). The van der Waals surface area contributed by atoms with E-state index in [0.717, 1.165) is 18.4 Å². The highest BCUT2D eigenvalue weighted by molar-refractivity contribution is 7.81. The normalized spacial score (nSPS) is 17.7. The lowest BCUT2D eigenvalue weighted by molar-refractivity contribution is -0.133.